The van der Waals surface area contributed by atoms with Gasteiger partial charge in [-0.1, -0.05) is 11.2 Å². The standard InChI is InChI=1S/C12H11F4N3O/c13-10-2-1-8(5-9(10)12(14,15)16)6-17-4-3-11-18-7-20-19-11/h1-2,5,7,17H,3-4,6H2. The van der Waals surface area contributed by atoms with Gasteiger partial charge in [0, 0.05) is 19.5 Å². The van der Waals surface area contributed by atoms with Gasteiger partial charge in [0.25, 0.3) is 0 Å². The number of halogens is 4. The van der Waals surface area contributed by atoms with Crippen LogP contribution in [0.1, 0.15) is 17.0 Å². The van der Waals surface area contributed by atoms with Crippen LogP contribution in [0.2, 0.25) is 0 Å². The van der Waals surface area contributed by atoms with Crippen molar-refractivity contribution in [3.8, 4) is 0 Å². The lowest BCUT2D eigenvalue weighted by molar-refractivity contribution is -0.140. The van der Waals surface area contributed by atoms with Gasteiger partial charge in [0.15, 0.2) is 5.82 Å². The Kier molecular flexibility index (Phi) is 4.33. The number of hydrogen-bond donors (Lipinski definition) is 1. The molecule has 0 atom stereocenters. The summed E-state index contributed by atoms with van der Waals surface area (Å²) in [6.45, 7) is 0.666. The number of hydrogen-bond acceptors (Lipinski definition) is 4. The van der Waals surface area contributed by atoms with E-state index in [4.69, 9.17) is 0 Å². The van der Waals surface area contributed by atoms with Gasteiger partial charge < -0.3 is 9.84 Å². The van der Waals surface area contributed by atoms with E-state index in [9.17, 15) is 17.6 Å². The Bertz CT molecular complexity index is 554. The highest BCUT2D eigenvalue weighted by atomic mass is 19.4. The fourth-order valence-corrected chi connectivity index (χ4v) is 1.64. The summed E-state index contributed by atoms with van der Waals surface area (Å²) in [5.74, 6) is -0.763. The minimum absolute atomic E-state index is 0.196. The molecule has 0 saturated carbocycles. The lowest BCUT2D eigenvalue weighted by atomic mass is 10.1. The van der Waals surface area contributed by atoms with Crippen molar-refractivity contribution in [2.24, 2.45) is 0 Å². The maximum absolute atomic E-state index is 13.1. The molecule has 8 heteroatoms. The molecule has 0 fully saturated rings. The first-order valence-corrected chi connectivity index (χ1v) is 5.78. The first-order chi connectivity index (χ1) is 9.47. The first-order valence-electron chi connectivity index (χ1n) is 5.78. The van der Waals surface area contributed by atoms with E-state index in [2.05, 4.69) is 20.0 Å². The molecule has 1 heterocycles. The lowest BCUT2D eigenvalue weighted by Crippen LogP contribution is -2.18. The third kappa shape index (κ3) is 3.77. The van der Waals surface area contributed by atoms with Crippen LogP contribution in [0.25, 0.3) is 0 Å². The summed E-state index contributed by atoms with van der Waals surface area (Å²) in [5.41, 5.74) is -0.901. The molecule has 0 aliphatic carbocycles. The van der Waals surface area contributed by atoms with Gasteiger partial charge in [-0.15, -0.1) is 0 Å². The number of nitrogens with zero attached hydrogens (tertiary/aromatic N) is 2. The number of alkyl halides is 3. The van der Waals surface area contributed by atoms with Crippen molar-refractivity contribution in [2.75, 3.05) is 6.54 Å². The zero-order valence-corrected chi connectivity index (χ0v) is 10.2. The van der Waals surface area contributed by atoms with Crippen molar-refractivity contribution in [1.82, 2.24) is 15.5 Å². The SMILES string of the molecule is Fc1ccc(CNCCc2ncon2)cc1C(F)(F)F. The van der Waals surface area contributed by atoms with Gasteiger partial charge in [0.2, 0.25) is 6.39 Å². The summed E-state index contributed by atoms with van der Waals surface area (Å²) in [6.07, 6.45) is -3.00. The molecule has 108 valence electrons. The summed E-state index contributed by atoms with van der Waals surface area (Å²) in [7, 11) is 0. The minimum Gasteiger partial charge on any atom is -0.343 e. The van der Waals surface area contributed by atoms with Crippen molar-refractivity contribution in [1.29, 1.82) is 0 Å². The maximum atomic E-state index is 13.1. The van der Waals surface area contributed by atoms with Gasteiger partial charge in [-0.25, -0.2) is 4.39 Å². The van der Waals surface area contributed by atoms with Gasteiger partial charge in [0.05, 0.1) is 5.56 Å². The molecule has 1 N–H and O–H groups in total. The molecule has 0 bridgehead atoms. The third-order valence-corrected chi connectivity index (χ3v) is 2.60. The molecule has 0 aliphatic rings. The molecule has 0 spiro atoms. The number of rotatable bonds is 5. The van der Waals surface area contributed by atoms with Crippen LogP contribution in [-0.4, -0.2) is 16.7 Å². The van der Waals surface area contributed by atoms with Gasteiger partial charge in [-0.3, -0.25) is 0 Å². The topological polar surface area (TPSA) is 51.0 Å². The van der Waals surface area contributed by atoms with Crippen LogP contribution in [-0.2, 0) is 19.1 Å². The second-order valence-electron chi connectivity index (χ2n) is 4.09. The number of benzene rings is 1. The summed E-state index contributed by atoms with van der Waals surface area (Å²) in [6, 6.07) is 2.93. The lowest BCUT2D eigenvalue weighted by Gasteiger charge is -2.10. The normalized spacial score (nSPS) is 11.8. The molecular formula is C12H11F4N3O. The summed E-state index contributed by atoms with van der Waals surface area (Å²) in [5, 5.41) is 6.52. The molecule has 2 aromatic rings. The van der Waals surface area contributed by atoms with Crippen LogP contribution < -0.4 is 5.32 Å². The zero-order chi connectivity index (χ0) is 14.6. The van der Waals surface area contributed by atoms with Crippen molar-refractivity contribution >= 4 is 0 Å². The minimum atomic E-state index is -4.69. The van der Waals surface area contributed by atoms with Crippen molar-refractivity contribution in [3.63, 3.8) is 0 Å². The van der Waals surface area contributed by atoms with Crippen LogP contribution >= 0.6 is 0 Å². The molecular weight excluding hydrogens is 278 g/mol. The van der Waals surface area contributed by atoms with E-state index in [-0.39, 0.29) is 6.54 Å². The zero-order valence-electron chi connectivity index (χ0n) is 10.2. The highest BCUT2D eigenvalue weighted by Gasteiger charge is 2.34. The Morgan fingerprint density at radius 1 is 1.25 bits per heavy atom. The molecule has 0 unspecified atom stereocenters. The predicted octanol–water partition coefficient (Wildman–Crippen LogP) is 2.56. The molecule has 1 aromatic carbocycles. The quantitative estimate of drug-likeness (QED) is 0.679. The van der Waals surface area contributed by atoms with Crippen LogP contribution in [0.3, 0.4) is 0 Å². The van der Waals surface area contributed by atoms with Crippen LogP contribution in [0.5, 0.6) is 0 Å². The van der Waals surface area contributed by atoms with Gasteiger partial charge >= 0.3 is 6.18 Å². The molecule has 0 radical (unpaired) electrons. The fourth-order valence-electron chi connectivity index (χ4n) is 1.64. The van der Waals surface area contributed by atoms with Gasteiger partial charge in [0.1, 0.15) is 5.82 Å². The summed E-state index contributed by atoms with van der Waals surface area (Å²) < 4.78 is 55.2. The Balaban J connectivity index is 1.90. The molecule has 0 saturated heterocycles. The van der Waals surface area contributed by atoms with Gasteiger partial charge in [-0.05, 0) is 17.7 Å². The maximum Gasteiger partial charge on any atom is 0.419 e. The number of nitrogens with one attached hydrogen (secondary N) is 1. The Labute approximate surface area is 111 Å². The van der Waals surface area contributed by atoms with E-state index in [0.29, 0.717) is 24.4 Å². The van der Waals surface area contributed by atoms with Gasteiger partial charge in [-0.2, -0.15) is 18.2 Å². The van der Waals surface area contributed by atoms with Crippen molar-refractivity contribution in [3.05, 3.63) is 47.4 Å². The predicted molar refractivity (Wildman–Crippen MR) is 61.1 cm³/mol. The average molecular weight is 289 g/mol. The van der Waals surface area contributed by atoms with E-state index < -0.39 is 17.6 Å². The molecule has 0 amide bonds. The number of aromatic nitrogens is 2. The Morgan fingerprint density at radius 3 is 2.70 bits per heavy atom. The molecule has 1 aromatic heterocycles. The van der Waals surface area contributed by atoms with Crippen molar-refractivity contribution < 1.29 is 22.1 Å². The summed E-state index contributed by atoms with van der Waals surface area (Å²) in [4.78, 5) is 3.80. The Morgan fingerprint density at radius 2 is 2.05 bits per heavy atom. The highest BCUT2D eigenvalue weighted by molar-refractivity contribution is 5.27. The van der Waals surface area contributed by atoms with Crippen LogP contribution in [0, 0.1) is 5.82 Å². The second kappa shape index (κ2) is 6.00. The van der Waals surface area contributed by atoms with E-state index in [0.717, 1.165) is 12.1 Å². The third-order valence-electron chi connectivity index (χ3n) is 2.60. The molecule has 0 aliphatic heterocycles. The molecule has 4 nitrogen and oxygen atoms in total. The molecule has 2 rings (SSSR count). The second-order valence-corrected chi connectivity index (χ2v) is 4.09. The average Bonchev–Trinajstić information content (AvgIpc) is 2.88. The van der Waals surface area contributed by atoms with Crippen LogP contribution in [0.4, 0.5) is 17.6 Å². The smallest absolute Gasteiger partial charge is 0.343 e. The van der Waals surface area contributed by atoms with E-state index in [1.807, 2.05) is 0 Å². The largest absolute Gasteiger partial charge is 0.419 e. The van der Waals surface area contributed by atoms with E-state index >= 15 is 0 Å². The first kappa shape index (κ1) is 14.4. The van der Waals surface area contributed by atoms with E-state index in [1.54, 1.807) is 0 Å². The summed E-state index contributed by atoms with van der Waals surface area (Å²) >= 11 is 0. The van der Waals surface area contributed by atoms with Crippen molar-refractivity contribution in [2.45, 2.75) is 19.1 Å². The Hall–Kier alpha value is -1.96. The monoisotopic (exact) mass is 289 g/mol. The highest BCUT2D eigenvalue weighted by Crippen LogP contribution is 2.31. The van der Waals surface area contributed by atoms with Crippen LogP contribution in [0.15, 0.2) is 29.1 Å². The fraction of sp³-hybridized carbons (Fsp3) is 0.333. The molecule has 20 heavy (non-hydrogen) atoms. The van der Waals surface area contributed by atoms with E-state index in [1.165, 1.54) is 12.5 Å².